The van der Waals surface area contributed by atoms with E-state index in [2.05, 4.69) is 10.3 Å². The molecule has 1 saturated carbocycles. The van der Waals surface area contributed by atoms with Gasteiger partial charge in [-0.2, -0.15) is 0 Å². The summed E-state index contributed by atoms with van der Waals surface area (Å²) in [5.74, 6) is -1.48. The number of carboxylic acids is 1. The Kier molecular flexibility index (Phi) is 4.10. The Balaban J connectivity index is 1.91. The van der Waals surface area contributed by atoms with Gasteiger partial charge in [0, 0.05) is 17.1 Å². The van der Waals surface area contributed by atoms with Gasteiger partial charge in [-0.05, 0) is 50.8 Å². The second-order valence-corrected chi connectivity index (χ2v) is 7.27. The molecule has 0 spiro atoms. The minimum Gasteiger partial charge on any atom is -0.481 e. The Bertz CT molecular complexity index is 797. The maximum absolute atomic E-state index is 12.6. The van der Waals surface area contributed by atoms with Gasteiger partial charge in [-0.1, -0.05) is 6.42 Å². The summed E-state index contributed by atoms with van der Waals surface area (Å²) in [6.07, 6.45) is 2.20. The molecule has 0 saturated heterocycles. The third kappa shape index (κ3) is 2.83. The van der Waals surface area contributed by atoms with Crippen LogP contribution in [-0.2, 0) is 4.79 Å². The van der Waals surface area contributed by atoms with Crippen LogP contribution in [0.2, 0.25) is 0 Å². The fourth-order valence-corrected chi connectivity index (χ4v) is 4.70. The van der Waals surface area contributed by atoms with Gasteiger partial charge in [-0.15, -0.1) is 11.3 Å². The SMILES string of the molecule is Cc1cc(C)c2c(C)c(C(=O)N[C@H]3CCC[C@@H]3C(=O)O)sc2n1. The molecule has 2 aromatic heterocycles. The van der Waals surface area contributed by atoms with E-state index >= 15 is 0 Å². The molecule has 2 aromatic rings. The second-order valence-electron chi connectivity index (χ2n) is 6.27. The number of nitrogens with zero attached hydrogens (tertiary/aromatic N) is 1. The molecule has 0 bridgehead atoms. The number of thiophene rings is 1. The number of carboxylic acid groups (broad SMARTS) is 1. The van der Waals surface area contributed by atoms with Crippen LogP contribution in [0.4, 0.5) is 0 Å². The van der Waals surface area contributed by atoms with Crippen molar-refractivity contribution in [3.05, 3.63) is 27.8 Å². The Morgan fingerprint density at radius 1 is 1.30 bits per heavy atom. The summed E-state index contributed by atoms with van der Waals surface area (Å²) >= 11 is 1.38. The lowest BCUT2D eigenvalue weighted by molar-refractivity contribution is -0.142. The number of amides is 1. The maximum atomic E-state index is 12.6. The molecule has 23 heavy (non-hydrogen) atoms. The first-order valence-electron chi connectivity index (χ1n) is 7.79. The molecule has 2 N–H and O–H groups in total. The highest BCUT2D eigenvalue weighted by Crippen LogP contribution is 2.33. The molecular formula is C17H20N2O3S. The fraction of sp³-hybridized carbons (Fsp3) is 0.471. The highest BCUT2D eigenvalue weighted by Gasteiger charge is 2.34. The summed E-state index contributed by atoms with van der Waals surface area (Å²) in [6.45, 7) is 5.90. The molecule has 0 aromatic carbocycles. The summed E-state index contributed by atoms with van der Waals surface area (Å²) < 4.78 is 0. The van der Waals surface area contributed by atoms with Crippen LogP contribution in [0.1, 0.15) is 45.8 Å². The Morgan fingerprint density at radius 3 is 2.74 bits per heavy atom. The van der Waals surface area contributed by atoms with Crippen molar-refractivity contribution in [2.24, 2.45) is 5.92 Å². The van der Waals surface area contributed by atoms with E-state index in [0.717, 1.165) is 39.9 Å². The number of carbonyl (C=O) groups is 2. The first-order valence-corrected chi connectivity index (χ1v) is 8.61. The van der Waals surface area contributed by atoms with Crippen molar-refractivity contribution in [3.8, 4) is 0 Å². The first kappa shape index (κ1) is 15.9. The first-order chi connectivity index (χ1) is 10.9. The van der Waals surface area contributed by atoms with E-state index < -0.39 is 11.9 Å². The molecule has 0 unspecified atom stereocenters. The van der Waals surface area contributed by atoms with Crippen molar-refractivity contribution in [2.45, 2.75) is 46.1 Å². The largest absolute Gasteiger partial charge is 0.481 e. The summed E-state index contributed by atoms with van der Waals surface area (Å²) in [5.41, 5.74) is 2.98. The minimum atomic E-state index is -0.825. The van der Waals surface area contributed by atoms with Gasteiger partial charge >= 0.3 is 5.97 Å². The van der Waals surface area contributed by atoms with Crippen LogP contribution in [0.5, 0.6) is 0 Å². The highest BCUT2D eigenvalue weighted by atomic mass is 32.1. The third-order valence-electron chi connectivity index (χ3n) is 4.58. The summed E-state index contributed by atoms with van der Waals surface area (Å²) in [4.78, 5) is 29.9. The van der Waals surface area contributed by atoms with Crippen LogP contribution >= 0.6 is 11.3 Å². The van der Waals surface area contributed by atoms with Crippen molar-refractivity contribution in [1.82, 2.24) is 10.3 Å². The van der Waals surface area contributed by atoms with Gasteiger partial charge < -0.3 is 10.4 Å². The van der Waals surface area contributed by atoms with Gasteiger partial charge in [0.1, 0.15) is 4.83 Å². The third-order valence-corrected chi connectivity index (χ3v) is 5.77. The van der Waals surface area contributed by atoms with Crippen molar-refractivity contribution < 1.29 is 14.7 Å². The van der Waals surface area contributed by atoms with Gasteiger partial charge in [-0.3, -0.25) is 9.59 Å². The number of aromatic nitrogens is 1. The number of pyridine rings is 1. The number of carbonyl (C=O) groups excluding carboxylic acids is 1. The summed E-state index contributed by atoms with van der Waals surface area (Å²) in [5, 5.41) is 13.2. The van der Waals surface area contributed by atoms with Crippen molar-refractivity contribution in [1.29, 1.82) is 0 Å². The molecular weight excluding hydrogens is 312 g/mol. The number of hydrogen-bond acceptors (Lipinski definition) is 4. The highest BCUT2D eigenvalue weighted by molar-refractivity contribution is 7.20. The van der Waals surface area contributed by atoms with E-state index in [0.29, 0.717) is 11.3 Å². The van der Waals surface area contributed by atoms with Gasteiger partial charge in [-0.25, -0.2) is 4.98 Å². The molecule has 0 radical (unpaired) electrons. The average Bonchev–Trinajstić information content (AvgIpc) is 3.03. The zero-order valence-electron chi connectivity index (χ0n) is 13.5. The van der Waals surface area contributed by atoms with Crippen LogP contribution in [0, 0.1) is 26.7 Å². The van der Waals surface area contributed by atoms with Crippen LogP contribution in [0.3, 0.4) is 0 Å². The molecule has 1 aliphatic rings. The van der Waals surface area contributed by atoms with Crippen LogP contribution in [0.15, 0.2) is 6.07 Å². The second kappa shape index (κ2) is 5.92. The molecule has 5 nitrogen and oxygen atoms in total. The van der Waals surface area contributed by atoms with E-state index in [4.69, 9.17) is 0 Å². The normalized spacial score (nSPS) is 20.8. The zero-order chi connectivity index (χ0) is 16.7. The van der Waals surface area contributed by atoms with E-state index in [1.165, 1.54) is 11.3 Å². The molecule has 1 fully saturated rings. The Hall–Kier alpha value is -1.95. The molecule has 1 amide bonds. The quantitative estimate of drug-likeness (QED) is 0.904. The molecule has 6 heteroatoms. The van der Waals surface area contributed by atoms with Gasteiger partial charge in [0.05, 0.1) is 10.8 Å². The topological polar surface area (TPSA) is 79.3 Å². The fourth-order valence-electron chi connectivity index (χ4n) is 3.50. The van der Waals surface area contributed by atoms with Gasteiger partial charge in [0.25, 0.3) is 5.91 Å². The monoisotopic (exact) mass is 332 g/mol. The predicted molar refractivity (Wildman–Crippen MR) is 90.1 cm³/mol. The van der Waals surface area contributed by atoms with Gasteiger partial charge in [0.2, 0.25) is 0 Å². The lowest BCUT2D eigenvalue weighted by Crippen LogP contribution is -2.40. The van der Waals surface area contributed by atoms with Crippen molar-refractivity contribution in [2.75, 3.05) is 0 Å². The lowest BCUT2D eigenvalue weighted by atomic mass is 10.0. The summed E-state index contributed by atoms with van der Waals surface area (Å²) in [7, 11) is 0. The molecule has 1 aliphatic carbocycles. The van der Waals surface area contributed by atoms with E-state index in [1.54, 1.807) is 0 Å². The molecule has 3 rings (SSSR count). The van der Waals surface area contributed by atoms with Crippen LogP contribution < -0.4 is 5.32 Å². The smallest absolute Gasteiger partial charge is 0.308 e. The van der Waals surface area contributed by atoms with Crippen molar-refractivity contribution in [3.63, 3.8) is 0 Å². The number of aryl methyl sites for hydroxylation is 3. The standard InChI is InChI=1S/C17H20N2O3S/c1-8-7-9(2)18-16-13(8)10(3)14(23-16)15(20)19-12-6-4-5-11(12)17(21)22/h7,11-12H,4-6H2,1-3H3,(H,19,20)(H,21,22)/t11-,12-/m0/s1. The number of nitrogens with one attached hydrogen (secondary N) is 1. The van der Waals surface area contributed by atoms with E-state index in [-0.39, 0.29) is 11.9 Å². The molecule has 2 heterocycles. The zero-order valence-corrected chi connectivity index (χ0v) is 14.3. The van der Waals surface area contributed by atoms with Gasteiger partial charge in [0.15, 0.2) is 0 Å². The maximum Gasteiger partial charge on any atom is 0.308 e. The van der Waals surface area contributed by atoms with Crippen molar-refractivity contribution >= 4 is 33.4 Å². The summed E-state index contributed by atoms with van der Waals surface area (Å²) in [6, 6.07) is 1.74. The predicted octanol–water partition coefficient (Wildman–Crippen LogP) is 3.20. The number of fused-ring (bicyclic) bond motifs is 1. The minimum absolute atomic E-state index is 0.180. The Morgan fingerprint density at radius 2 is 2.04 bits per heavy atom. The number of aliphatic carboxylic acids is 1. The Labute approximate surface area is 138 Å². The number of rotatable bonds is 3. The lowest BCUT2D eigenvalue weighted by Gasteiger charge is -2.17. The average molecular weight is 332 g/mol. The van der Waals surface area contributed by atoms with E-state index in [1.807, 2.05) is 26.8 Å². The number of hydrogen-bond donors (Lipinski definition) is 2. The molecule has 122 valence electrons. The molecule has 2 atom stereocenters. The van der Waals surface area contributed by atoms with E-state index in [9.17, 15) is 14.7 Å². The van der Waals surface area contributed by atoms with Crippen LogP contribution in [-0.4, -0.2) is 28.0 Å². The molecule has 0 aliphatic heterocycles. The van der Waals surface area contributed by atoms with Crippen LogP contribution in [0.25, 0.3) is 10.2 Å².